The van der Waals surface area contributed by atoms with Gasteiger partial charge in [0.05, 0.1) is 0 Å². The molecule has 0 spiro atoms. The fourth-order valence-corrected chi connectivity index (χ4v) is 3.83. The van der Waals surface area contributed by atoms with Crippen molar-refractivity contribution in [2.75, 3.05) is 19.8 Å². The summed E-state index contributed by atoms with van der Waals surface area (Å²) in [5.41, 5.74) is 1.18. The predicted octanol–water partition coefficient (Wildman–Crippen LogP) is 2.09. The molecule has 2 aromatic heterocycles. The van der Waals surface area contributed by atoms with Gasteiger partial charge in [-0.1, -0.05) is 23.3 Å². The molecule has 1 aliphatic rings. The van der Waals surface area contributed by atoms with E-state index in [1.165, 1.54) is 9.13 Å². The van der Waals surface area contributed by atoms with Crippen LogP contribution in [0.2, 0.25) is 0 Å². The number of aliphatic hydroxyl groups is 1. The van der Waals surface area contributed by atoms with Crippen LogP contribution in [0.25, 0.3) is 11.2 Å². The van der Waals surface area contributed by atoms with Crippen LogP contribution in [-0.2, 0) is 31.3 Å². The predicted molar refractivity (Wildman–Crippen MR) is 117 cm³/mol. The highest BCUT2D eigenvalue weighted by Crippen LogP contribution is 2.24. The molecule has 8 nitrogen and oxygen atoms in total. The zero-order chi connectivity index (χ0) is 21.7. The Kier molecular flexibility index (Phi) is 7.69. The van der Waals surface area contributed by atoms with E-state index < -0.39 is 5.69 Å². The second-order valence-corrected chi connectivity index (χ2v) is 7.89. The lowest BCUT2D eigenvalue weighted by Crippen LogP contribution is -2.40. The molecule has 0 aliphatic heterocycles. The molecule has 164 valence electrons. The van der Waals surface area contributed by atoms with E-state index in [0.29, 0.717) is 43.8 Å². The van der Waals surface area contributed by atoms with Crippen molar-refractivity contribution in [1.29, 1.82) is 0 Å². The highest BCUT2D eigenvalue weighted by atomic mass is 35.5. The van der Waals surface area contributed by atoms with E-state index in [9.17, 15) is 9.59 Å². The number of allylic oxidation sites excluding steroid dienone is 4. The molecule has 0 unspecified atom stereocenters. The standard InChI is InChI=1S/C21H29ClN4O4/c1-3-30-13-4-6-17-23-19-18(26(17)14-15-7-9-16(22)10-8-15)20(28)25(11-5-12-27)21(29)24(19)2/h7,9,27H,3-6,8,10-14H2,1-2H3. The van der Waals surface area contributed by atoms with Gasteiger partial charge >= 0.3 is 5.69 Å². The highest BCUT2D eigenvalue weighted by Gasteiger charge is 2.21. The van der Waals surface area contributed by atoms with Crippen LogP contribution in [0.3, 0.4) is 0 Å². The van der Waals surface area contributed by atoms with Crippen molar-refractivity contribution in [3.05, 3.63) is 49.4 Å². The van der Waals surface area contributed by atoms with Crippen molar-refractivity contribution in [2.24, 2.45) is 7.05 Å². The largest absolute Gasteiger partial charge is 0.396 e. The summed E-state index contributed by atoms with van der Waals surface area (Å²) >= 11 is 6.09. The van der Waals surface area contributed by atoms with Crippen LogP contribution in [0.15, 0.2) is 32.3 Å². The number of aliphatic hydroxyl groups excluding tert-OH is 1. The summed E-state index contributed by atoms with van der Waals surface area (Å²) in [5, 5.41) is 9.97. The lowest BCUT2D eigenvalue weighted by Gasteiger charge is -2.15. The molecular formula is C21H29ClN4O4. The Balaban J connectivity index is 2.11. The molecule has 0 saturated carbocycles. The maximum atomic E-state index is 13.2. The van der Waals surface area contributed by atoms with E-state index in [0.717, 1.165) is 35.7 Å². The molecule has 0 amide bonds. The van der Waals surface area contributed by atoms with Gasteiger partial charge in [-0.3, -0.25) is 13.9 Å². The third-order valence-electron chi connectivity index (χ3n) is 5.29. The van der Waals surface area contributed by atoms with Gasteiger partial charge in [-0.15, -0.1) is 0 Å². The SMILES string of the molecule is CCOCCCc1nc2c(c(=O)n(CCCO)c(=O)n2C)n1CC1=CC=C(Cl)CC1. The summed E-state index contributed by atoms with van der Waals surface area (Å²) < 4.78 is 9.98. The Hall–Kier alpha value is -2.16. The van der Waals surface area contributed by atoms with Crippen LogP contribution >= 0.6 is 11.6 Å². The molecule has 1 N–H and O–H groups in total. The van der Waals surface area contributed by atoms with Gasteiger partial charge in [0, 0.05) is 51.4 Å². The van der Waals surface area contributed by atoms with Crippen LogP contribution in [0, 0.1) is 0 Å². The summed E-state index contributed by atoms with van der Waals surface area (Å²) in [7, 11) is 1.63. The average Bonchev–Trinajstić information content (AvgIpc) is 3.10. The second-order valence-electron chi connectivity index (χ2n) is 7.40. The number of ether oxygens (including phenoxy) is 1. The quantitative estimate of drug-likeness (QED) is 0.576. The minimum Gasteiger partial charge on any atom is -0.396 e. The van der Waals surface area contributed by atoms with Gasteiger partial charge in [0.2, 0.25) is 0 Å². The summed E-state index contributed by atoms with van der Waals surface area (Å²) in [6.45, 7) is 3.82. The average molecular weight is 437 g/mol. The molecule has 9 heteroatoms. The highest BCUT2D eigenvalue weighted by molar-refractivity contribution is 6.29. The van der Waals surface area contributed by atoms with Crippen molar-refractivity contribution in [3.8, 4) is 0 Å². The Bertz CT molecular complexity index is 1080. The molecule has 0 radical (unpaired) electrons. The minimum absolute atomic E-state index is 0.0877. The van der Waals surface area contributed by atoms with Crippen molar-refractivity contribution in [2.45, 2.75) is 52.1 Å². The number of hydrogen-bond acceptors (Lipinski definition) is 5. The van der Waals surface area contributed by atoms with Crippen LogP contribution < -0.4 is 11.2 Å². The van der Waals surface area contributed by atoms with E-state index in [4.69, 9.17) is 21.4 Å². The fourth-order valence-electron chi connectivity index (χ4n) is 3.67. The monoisotopic (exact) mass is 436 g/mol. The second kappa shape index (κ2) is 10.2. The molecule has 0 aromatic carbocycles. The molecule has 30 heavy (non-hydrogen) atoms. The van der Waals surface area contributed by atoms with Gasteiger partial charge in [0.25, 0.3) is 5.56 Å². The molecule has 0 atom stereocenters. The summed E-state index contributed by atoms with van der Waals surface area (Å²) in [6, 6.07) is 0. The fraction of sp³-hybridized carbons (Fsp3) is 0.571. The number of fused-ring (bicyclic) bond motifs is 1. The number of nitrogens with zero attached hydrogens (tertiary/aromatic N) is 4. The smallest absolute Gasteiger partial charge is 0.332 e. The first-order chi connectivity index (χ1) is 14.5. The maximum Gasteiger partial charge on any atom is 0.332 e. The summed E-state index contributed by atoms with van der Waals surface area (Å²) in [4.78, 5) is 30.6. The van der Waals surface area contributed by atoms with Crippen LogP contribution in [0.5, 0.6) is 0 Å². The van der Waals surface area contributed by atoms with E-state index in [-0.39, 0.29) is 18.7 Å². The van der Waals surface area contributed by atoms with Gasteiger partial charge < -0.3 is 14.4 Å². The van der Waals surface area contributed by atoms with Gasteiger partial charge in [0.1, 0.15) is 5.82 Å². The molecule has 1 aliphatic carbocycles. The summed E-state index contributed by atoms with van der Waals surface area (Å²) in [5.74, 6) is 0.762. The lowest BCUT2D eigenvalue weighted by atomic mass is 10.0. The first kappa shape index (κ1) is 22.5. The third kappa shape index (κ3) is 4.77. The van der Waals surface area contributed by atoms with Crippen LogP contribution in [0.4, 0.5) is 0 Å². The maximum absolute atomic E-state index is 13.2. The zero-order valence-electron chi connectivity index (χ0n) is 17.6. The van der Waals surface area contributed by atoms with Gasteiger partial charge in [-0.25, -0.2) is 9.78 Å². The Morgan fingerprint density at radius 1 is 1.20 bits per heavy atom. The third-order valence-corrected chi connectivity index (χ3v) is 5.61. The van der Waals surface area contributed by atoms with E-state index >= 15 is 0 Å². The number of aromatic nitrogens is 4. The summed E-state index contributed by atoms with van der Waals surface area (Å²) in [6.07, 6.45) is 7.23. The molecule has 0 saturated heterocycles. The first-order valence-corrected chi connectivity index (χ1v) is 10.8. The van der Waals surface area contributed by atoms with Crippen molar-refractivity contribution < 1.29 is 9.84 Å². The molecule has 3 rings (SSSR count). The Labute approximate surface area is 180 Å². The van der Waals surface area contributed by atoms with Gasteiger partial charge in [0.15, 0.2) is 11.2 Å². The Morgan fingerprint density at radius 2 is 2.00 bits per heavy atom. The van der Waals surface area contributed by atoms with Crippen molar-refractivity contribution in [3.63, 3.8) is 0 Å². The lowest BCUT2D eigenvalue weighted by molar-refractivity contribution is 0.144. The number of hydrogen-bond donors (Lipinski definition) is 1. The molecular weight excluding hydrogens is 408 g/mol. The normalized spacial score (nSPS) is 14.3. The molecule has 2 heterocycles. The van der Waals surface area contributed by atoms with Crippen LogP contribution in [-0.4, -0.2) is 43.6 Å². The van der Waals surface area contributed by atoms with E-state index in [1.807, 2.05) is 23.6 Å². The number of halogens is 1. The van der Waals surface area contributed by atoms with Gasteiger partial charge in [-0.2, -0.15) is 0 Å². The zero-order valence-corrected chi connectivity index (χ0v) is 18.3. The van der Waals surface area contributed by atoms with Crippen LogP contribution in [0.1, 0.15) is 38.4 Å². The van der Waals surface area contributed by atoms with E-state index in [1.54, 1.807) is 7.05 Å². The van der Waals surface area contributed by atoms with Crippen molar-refractivity contribution >= 4 is 22.8 Å². The first-order valence-electron chi connectivity index (χ1n) is 10.4. The van der Waals surface area contributed by atoms with E-state index in [2.05, 4.69) is 4.98 Å². The molecule has 0 bridgehead atoms. The Morgan fingerprint density at radius 3 is 2.67 bits per heavy atom. The molecule has 0 fully saturated rings. The number of aryl methyl sites for hydroxylation is 2. The number of imidazole rings is 1. The number of rotatable bonds is 10. The minimum atomic E-state index is -0.418. The van der Waals surface area contributed by atoms with Crippen molar-refractivity contribution in [1.82, 2.24) is 18.7 Å². The molecule has 2 aromatic rings. The van der Waals surface area contributed by atoms with Gasteiger partial charge in [-0.05, 0) is 38.7 Å². The topological polar surface area (TPSA) is 91.3 Å².